The van der Waals surface area contributed by atoms with Crippen molar-refractivity contribution >= 4 is 40.7 Å². The summed E-state index contributed by atoms with van der Waals surface area (Å²) in [6.07, 6.45) is 13.0. The molecule has 11 rings (SSSR count). The summed E-state index contributed by atoms with van der Waals surface area (Å²) in [5.74, 6) is 2.05. The van der Waals surface area contributed by atoms with E-state index in [0.29, 0.717) is 58.8 Å². The van der Waals surface area contributed by atoms with Gasteiger partial charge in [0.1, 0.15) is 11.8 Å². The summed E-state index contributed by atoms with van der Waals surface area (Å²) >= 11 is 6.19. The number of nitrogens with zero attached hydrogens (tertiary/aromatic N) is 11. The molecule has 0 radical (unpaired) electrons. The maximum absolute atomic E-state index is 14.8. The second-order valence-electron chi connectivity index (χ2n) is 20.9. The number of fused-ring (bicyclic) bond motifs is 2. The highest BCUT2D eigenvalue weighted by Gasteiger charge is 2.44. The number of anilines is 3. The number of nitrogens with one attached hydrogen (secondary N) is 1. The van der Waals surface area contributed by atoms with Crippen LogP contribution < -0.4 is 19.9 Å². The smallest absolute Gasteiger partial charge is 0.272 e. The number of hydrogen-bond donors (Lipinski definition) is 1. The van der Waals surface area contributed by atoms with Gasteiger partial charge in [0.05, 0.1) is 35.5 Å². The number of halogens is 3. The molecule has 0 atom stereocenters. The molecule has 3 aromatic heterocycles. The molecule has 2 aliphatic carbocycles. The van der Waals surface area contributed by atoms with Gasteiger partial charge in [-0.1, -0.05) is 11.6 Å². The van der Waals surface area contributed by atoms with Crippen LogP contribution in [0.2, 0.25) is 5.02 Å². The zero-order chi connectivity index (χ0) is 49.0. The van der Waals surface area contributed by atoms with Crippen LogP contribution in [0.15, 0.2) is 54.9 Å². The summed E-state index contributed by atoms with van der Waals surface area (Å²) in [5.41, 5.74) is 6.21. The summed E-state index contributed by atoms with van der Waals surface area (Å²) in [6, 6.07) is 15.2. The van der Waals surface area contributed by atoms with Crippen molar-refractivity contribution in [1.82, 2.24) is 44.9 Å². The number of benzene rings is 2. The van der Waals surface area contributed by atoms with E-state index in [2.05, 4.69) is 46.1 Å². The van der Waals surface area contributed by atoms with Gasteiger partial charge in [0.25, 0.3) is 12.3 Å². The quantitative estimate of drug-likeness (QED) is 0.143. The van der Waals surface area contributed by atoms with Gasteiger partial charge in [-0.25, -0.2) is 8.78 Å². The number of hydrogen-bond acceptors (Lipinski definition) is 11. The van der Waals surface area contributed by atoms with E-state index in [1.807, 2.05) is 17.0 Å². The Balaban J connectivity index is 0.704. The number of likely N-dealkylation sites (tertiary alicyclic amines) is 1. The van der Waals surface area contributed by atoms with E-state index in [1.54, 1.807) is 61.4 Å². The molecule has 7 heterocycles. The number of piperidine rings is 1. The van der Waals surface area contributed by atoms with Gasteiger partial charge in [-0.15, -0.1) is 10.2 Å². The summed E-state index contributed by atoms with van der Waals surface area (Å²) < 4.78 is 39.7. The van der Waals surface area contributed by atoms with Gasteiger partial charge >= 0.3 is 0 Å². The van der Waals surface area contributed by atoms with Crippen LogP contribution in [0.1, 0.15) is 128 Å². The molecular weight excluding hydrogens is 926 g/mol. The summed E-state index contributed by atoms with van der Waals surface area (Å²) in [6.45, 7) is 7.31. The van der Waals surface area contributed by atoms with Crippen molar-refractivity contribution in [3.05, 3.63) is 93.5 Å². The van der Waals surface area contributed by atoms with Gasteiger partial charge in [0.15, 0.2) is 17.3 Å². The van der Waals surface area contributed by atoms with Crippen LogP contribution >= 0.6 is 11.6 Å². The minimum absolute atomic E-state index is 0.00701. The Morgan fingerprint density at radius 3 is 2.46 bits per heavy atom. The van der Waals surface area contributed by atoms with Gasteiger partial charge in [-0.3, -0.25) is 23.9 Å². The van der Waals surface area contributed by atoms with E-state index < -0.39 is 6.43 Å². The lowest BCUT2D eigenvalue weighted by Gasteiger charge is -2.53. The Morgan fingerprint density at radius 1 is 0.944 bits per heavy atom. The fourth-order valence-corrected chi connectivity index (χ4v) is 12.6. The molecule has 1 spiro atoms. The molecule has 5 aromatic rings. The number of alkyl halides is 2. The fraction of sp³-hybridized carbons (Fsp3) is 0.528. The molecule has 0 bridgehead atoms. The molecule has 2 aromatic carbocycles. The predicted molar refractivity (Wildman–Crippen MR) is 265 cm³/mol. The topological polar surface area (TPSA) is 154 Å². The SMILES string of the molecule is CC(=O)N1CCc2c(c(N3CCCc4cc(-c5cnn(C)c5)c(C(F)F)cc43)nn2C2CCC3(CCCN(C4CN(c5ccc(C(=O)NC6CCC(Oc7ccc(C#N)c(Cl)c7)CC6)nn5)C4)C3)CC2)C1. The Hall–Kier alpha value is -6.12. The molecule has 0 unspecified atom stereocenters. The molecule has 1 N–H and O–H groups in total. The van der Waals surface area contributed by atoms with E-state index in [0.717, 1.165) is 125 Å². The van der Waals surface area contributed by atoms with Gasteiger partial charge in [-0.2, -0.15) is 15.5 Å². The van der Waals surface area contributed by atoms with Crippen LogP contribution in [-0.2, 0) is 31.2 Å². The monoisotopic (exact) mass is 986 g/mol. The van der Waals surface area contributed by atoms with Gasteiger partial charge in [-0.05, 0) is 137 Å². The molecule has 4 aliphatic heterocycles. The van der Waals surface area contributed by atoms with Crippen molar-refractivity contribution in [1.29, 1.82) is 5.26 Å². The van der Waals surface area contributed by atoms with E-state index in [1.165, 1.54) is 18.5 Å². The van der Waals surface area contributed by atoms with Crippen molar-refractivity contribution in [2.45, 2.75) is 128 Å². The molecule has 4 fully saturated rings. The molecule has 372 valence electrons. The highest BCUT2D eigenvalue weighted by Crippen LogP contribution is 2.49. The van der Waals surface area contributed by atoms with E-state index in [4.69, 9.17) is 26.7 Å². The number of aromatic nitrogens is 6. The number of amides is 2. The largest absolute Gasteiger partial charge is 0.490 e. The molecule has 15 nitrogen and oxygen atoms in total. The summed E-state index contributed by atoms with van der Waals surface area (Å²) in [5, 5.41) is 31.2. The van der Waals surface area contributed by atoms with Crippen molar-refractivity contribution < 1.29 is 23.1 Å². The van der Waals surface area contributed by atoms with E-state index >= 15 is 0 Å². The Bertz CT molecular complexity index is 2840. The number of ether oxygens (including phenoxy) is 1. The summed E-state index contributed by atoms with van der Waals surface area (Å²) in [4.78, 5) is 34.9. The van der Waals surface area contributed by atoms with Crippen LogP contribution in [0, 0.1) is 16.7 Å². The average Bonchev–Trinajstić information content (AvgIpc) is 3.97. The van der Waals surface area contributed by atoms with Gasteiger partial charge in [0, 0.05) is 106 Å². The average molecular weight is 988 g/mol. The van der Waals surface area contributed by atoms with Gasteiger partial charge in [0.2, 0.25) is 5.91 Å². The second-order valence-corrected chi connectivity index (χ2v) is 21.3. The standard InChI is InChI=1S/C53H61ClF2N12O3/c1-33(69)64-22-16-47-44(31-64)51(67-21-3-5-34-23-42(36-27-58-63(2)28-36)43(50(55)56)25-48(34)67)62-68(47)38-14-18-53(19-15-38)17-4-20-65(32-53)39-29-66(30-39)49-13-12-46(60-61-49)52(70)59-37-7-10-40(11-8-37)71-41-9-6-35(26-57)45(54)24-41/h6,9,12-13,23-25,27-28,37-40,50H,3-5,7-8,10-11,14-22,29-32H2,1-2H3,(H,59,70). The number of carbonyl (C=O) groups is 2. The normalized spacial score (nSPS) is 23.8. The maximum atomic E-state index is 14.8. The lowest BCUT2D eigenvalue weighted by Crippen LogP contribution is -2.63. The number of nitriles is 1. The third-order valence-corrected chi connectivity index (χ3v) is 16.7. The highest BCUT2D eigenvalue weighted by atomic mass is 35.5. The lowest BCUT2D eigenvalue weighted by molar-refractivity contribution is -0.129. The van der Waals surface area contributed by atoms with Crippen LogP contribution in [0.4, 0.5) is 26.1 Å². The number of aryl methyl sites for hydroxylation is 2. The Morgan fingerprint density at radius 2 is 1.76 bits per heavy atom. The Kier molecular flexibility index (Phi) is 13.0. The third kappa shape index (κ3) is 9.45. The zero-order valence-corrected chi connectivity index (χ0v) is 41.3. The van der Waals surface area contributed by atoms with Crippen LogP contribution in [0.25, 0.3) is 11.1 Å². The molecule has 2 saturated heterocycles. The number of carbonyl (C=O) groups excluding carboxylic acids is 2. The highest BCUT2D eigenvalue weighted by molar-refractivity contribution is 6.31. The van der Waals surface area contributed by atoms with Crippen molar-refractivity contribution in [2.75, 3.05) is 49.1 Å². The first-order valence-corrected chi connectivity index (χ1v) is 25.9. The molecular formula is C53H61ClF2N12O3. The predicted octanol–water partition coefficient (Wildman–Crippen LogP) is 8.73. The molecule has 2 amide bonds. The lowest BCUT2D eigenvalue weighted by atomic mass is 9.67. The molecule has 71 heavy (non-hydrogen) atoms. The van der Waals surface area contributed by atoms with Gasteiger partial charge < -0.3 is 24.8 Å². The van der Waals surface area contributed by atoms with Crippen molar-refractivity contribution in [3.8, 4) is 22.9 Å². The maximum Gasteiger partial charge on any atom is 0.272 e. The first-order chi connectivity index (χ1) is 34.4. The molecule has 6 aliphatic rings. The first kappa shape index (κ1) is 47.2. The third-order valence-electron chi connectivity index (χ3n) is 16.4. The van der Waals surface area contributed by atoms with Crippen molar-refractivity contribution in [3.63, 3.8) is 0 Å². The summed E-state index contributed by atoms with van der Waals surface area (Å²) in [7, 11) is 1.79. The fourth-order valence-electron chi connectivity index (χ4n) is 12.4. The van der Waals surface area contributed by atoms with Crippen LogP contribution in [0.3, 0.4) is 0 Å². The minimum atomic E-state index is -2.66. The van der Waals surface area contributed by atoms with Crippen LogP contribution in [0.5, 0.6) is 5.75 Å². The zero-order valence-electron chi connectivity index (χ0n) is 40.5. The van der Waals surface area contributed by atoms with Crippen LogP contribution in [-0.4, -0.2) is 109 Å². The molecule has 2 saturated carbocycles. The Labute approximate surface area is 418 Å². The van der Waals surface area contributed by atoms with E-state index in [9.17, 15) is 18.4 Å². The van der Waals surface area contributed by atoms with Crippen molar-refractivity contribution in [2.24, 2.45) is 12.5 Å². The first-order valence-electron chi connectivity index (χ1n) is 25.5. The van der Waals surface area contributed by atoms with E-state index in [-0.39, 0.29) is 41.0 Å². The second kappa shape index (κ2) is 19.5. The molecule has 18 heteroatoms. The minimum Gasteiger partial charge on any atom is -0.490 e. The number of rotatable bonds is 10.